The summed E-state index contributed by atoms with van der Waals surface area (Å²) in [7, 11) is 1.46. The van der Waals surface area contributed by atoms with Crippen LogP contribution in [-0.4, -0.2) is 30.1 Å². The van der Waals surface area contributed by atoms with Crippen molar-refractivity contribution in [3.63, 3.8) is 0 Å². The maximum atomic E-state index is 12.0. The Hall–Kier alpha value is -2.04. The highest BCUT2D eigenvalue weighted by atomic mass is 16.5. The molecule has 1 rings (SSSR count). The van der Waals surface area contributed by atoms with Crippen LogP contribution in [0.1, 0.15) is 37.0 Å². The maximum absolute atomic E-state index is 12.0. The zero-order valence-electron chi connectivity index (χ0n) is 11.3. The van der Waals surface area contributed by atoms with Crippen molar-refractivity contribution in [3.05, 3.63) is 23.8 Å². The molecule has 0 saturated heterocycles. The summed E-state index contributed by atoms with van der Waals surface area (Å²) in [5, 5.41) is 8.60. The third-order valence-corrected chi connectivity index (χ3v) is 2.41. The van der Waals surface area contributed by atoms with Crippen molar-refractivity contribution >= 4 is 11.8 Å². The first-order valence-electron chi connectivity index (χ1n) is 6.03. The molecule has 0 aliphatic carbocycles. The molecule has 0 heterocycles. The summed E-state index contributed by atoms with van der Waals surface area (Å²) in [4.78, 5) is 22.5. The fourth-order valence-corrected chi connectivity index (χ4v) is 1.61. The Labute approximate surface area is 112 Å². The molecule has 0 unspecified atom stereocenters. The van der Waals surface area contributed by atoms with E-state index in [1.807, 2.05) is 13.8 Å². The SMILES string of the molecule is COc1ccc(OC(C)C)cc1C(=O)CCC(=O)O. The summed E-state index contributed by atoms with van der Waals surface area (Å²) in [6.07, 6.45) is -0.260. The molecule has 5 nitrogen and oxygen atoms in total. The molecule has 0 spiro atoms. The Kier molecular flexibility index (Phi) is 5.36. The lowest BCUT2D eigenvalue weighted by Crippen LogP contribution is -2.09. The van der Waals surface area contributed by atoms with E-state index in [1.165, 1.54) is 7.11 Å². The molecular formula is C14H18O5. The maximum Gasteiger partial charge on any atom is 0.303 e. The second-order valence-electron chi connectivity index (χ2n) is 4.35. The summed E-state index contributed by atoms with van der Waals surface area (Å²) in [5.41, 5.74) is 0.349. The molecule has 0 aliphatic heterocycles. The number of carbonyl (C=O) groups is 2. The number of benzene rings is 1. The summed E-state index contributed by atoms with van der Waals surface area (Å²) >= 11 is 0. The zero-order valence-corrected chi connectivity index (χ0v) is 11.3. The Morgan fingerprint density at radius 1 is 1.26 bits per heavy atom. The lowest BCUT2D eigenvalue weighted by Gasteiger charge is -2.13. The van der Waals surface area contributed by atoms with Crippen molar-refractivity contribution in [2.75, 3.05) is 7.11 Å². The highest BCUT2D eigenvalue weighted by Gasteiger charge is 2.15. The second-order valence-corrected chi connectivity index (χ2v) is 4.35. The van der Waals surface area contributed by atoms with Gasteiger partial charge in [0.05, 0.1) is 25.2 Å². The number of methoxy groups -OCH3 is 1. The van der Waals surface area contributed by atoms with Crippen LogP contribution >= 0.6 is 0 Å². The Morgan fingerprint density at radius 2 is 1.95 bits per heavy atom. The lowest BCUT2D eigenvalue weighted by molar-refractivity contribution is -0.136. The monoisotopic (exact) mass is 266 g/mol. The standard InChI is InChI=1S/C14H18O5/c1-9(2)19-10-4-6-13(18-3)11(8-10)12(15)5-7-14(16)17/h4,6,8-9H,5,7H2,1-3H3,(H,16,17). The van der Waals surface area contributed by atoms with Gasteiger partial charge in [0.1, 0.15) is 11.5 Å². The van der Waals surface area contributed by atoms with E-state index in [0.717, 1.165) is 0 Å². The Morgan fingerprint density at radius 3 is 2.47 bits per heavy atom. The second kappa shape index (κ2) is 6.78. The van der Waals surface area contributed by atoms with Gasteiger partial charge in [-0.3, -0.25) is 9.59 Å². The first kappa shape index (κ1) is 15.0. The molecule has 0 radical (unpaired) electrons. The third-order valence-electron chi connectivity index (χ3n) is 2.41. The quantitative estimate of drug-likeness (QED) is 0.768. The number of ketones is 1. The number of hydrogen-bond donors (Lipinski definition) is 1. The van der Waals surface area contributed by atoms with Crippen molar-refractivity contribution in [2.45, 2.75) is 32.8 Å². The van der Waals surface area contributed by atoms with Crippen LogP contribution in [0, 0.1) is 0 Å². The van der Waals surface area contributed by atoms with Gasteiger partial charge in [-0.2, -0.15) is 0 Å². The molecule has 0 bridgehead atoms. The highest BCUT2D eigenvalue weighted by Crippen LogP contribution is 2.26. The number of carbonyl (C=O) groups excluding carboxylic acids is 1. The van der Waals surface area contributed by atoms with Gasteiger partial charge in [-0.25, -0.2) is 0 Å². The summed E-state index contributed by atoms with van der Waals surface area (Å²) in [6, 6.07) is 4.95. The van der Waals surface area contributed by atoms with Gasteiger partial charge in [-0.1, -0.05) is 0 Å². The van der Waals surface area contributed by atoms with Gasteiger partial charge in [-0.05, 0) is 32.0 Å². The first-order chi connectivity index (χ1) is 8.93. The van der Waals surface area contributed by atoms with Crippen molar-refractivity contribution in [1.82, 2.24) is 0 Å². The molecule has 0 atom stereocenters. The predicted octanol–water partition coefficient (Wildman–Crippen LogP) is 2.53. The number of carboxylic acids is 1. The minimum Gasteiger partial charge on any atom is -0.496 e. The number of Topliss-reactive ketones (excluding diaryl/α,β-unsaturated/α-hetero) is 1. The van der Waals surface area contributed by atoms with Gasteiger partial charge >= 0.3 is 5.97 Å². The van der Waals surface area contributed by atoms with Crippen molar-refractivity contribution in [2.24, 2.45) is 0 Å². The number of hydrogen-bond acceptors (Lipinski definition) is 4. The van der Waals surface area contributed by atoms with Gasteiger partial charge in [0, 0.05) is 6.42 Å². The van der Waals surface area contributed by atoms with Gasteiger partial charge in [-0.15, -0.1) is 0 Å². The van der Waals surface area contributed by atoms with Gasteiger partial charge in [0.15, 0.2) is 5.78 Å². The van der Waals surface area contributed by atoms with Gasteiger partial charge < -0.3 is 14.6 Å². The summed E-state index contributed by atoms with van der Waals surface area (Å²) in [5.74, 6) is -0.281. The van der Waals surface area contributed by atoms with Crippen LogP contribution < -0.4 is 9.47 Å². The Bertz CT molecular complexity index is 465. The average Bonchev–Trinajstić information content (AvgIpc) is 2.35. The molecule has 0 fully saturated rings. The summed E-state index contributed by atoms with van der Waals surface area (Å²) < 4.78 is 10.6. The van der Waals surface area contributed by atoms with E-state index in [9.17, 15) is 9.59 Å². The van der Waals surface area contributed by atoms with E-state index in [1.54, 1.807) is 18.2 Å². The molecule has 0 amide bonds. The number of carboxylic acid groups (broad SMARTS) is 1. The van der Waals surface area contributed by atoms with Crippen LogP contribution in [0.2, 0.25) is 0 Å². The van der Waals surface area contributed by atoms with E-state index in [0.29, 0.717) is 17.1 Å². The smallest absolute Gasteiger partial charge is 0.303 e. The molecule has 19 heavy (non-hydrogen) atoms. The molecule has 0 saturated carbocycles. The van der Waals surface area contributed by atoms with E-state index < -0.39 is 5.97 Å². The fraction of sp³-hybridized carbons (Fsp3) is 0.429. The molecule has 1 N–H and O–H groups in total. The zero-order chi connectivity index (χ0) is 14.4. The number of ether oxygens (including phenoxy) is 2. The van der Waals surface area contributed by atoms with Gasteiger partial charge in [0.2, 0.25) is 0 Å². The van der Waals surface area contributed by atoms with E-state index in [4.69, 9.17) is 14.6 Å². The Balaban J connectivity index is 2.94. The van der Waals surface area contributed by atoms with Crippen LogP contribution in [-0.2, 0) is 4.79 Å². The molecule has 0 aromatic heterocycles. The van der Waals surface area contributed by atoms with Crippen LogP contribution in [0.15, 0.2) is 18.2 Å². The van der Waals surface area contributed by atoms with E-state index in [-0.39, 0.29) is 24.7 Å². The average molecular weight is 266 g/mol. The normalized spacial score (nSPS) is 10.3. The van der Waals surface area contributed by atoms with Crippen molar-refractivity contribution in [3.8, 4) is 11.5 Å². The molecule has 104 valence electrons. The first-order valence-corrected chi connectivity index (χ1v) is 6.03. The van der Waals surface area contributed by atoms with Gasteiger partial charge in [0.25, 0.3) is 0 Å². The van der Waals surface area contributed by atoms with Crippen molar-refractivity contribution < 1.29 is 24.2 Å². The minimum absolute atomic E-state index is 0.00429. The third kappa shape index (κ3) is 4.62. The lowest BCUT2D eigenvalue weighted by atomic mass is 10.1. The highest BCUT2D eigenvalue weighted by molar-refractivity contribution is 6.00. The van der Waals surface area contributed by atoms with E-state index >= 15 is 0 Å². The summed E-state index contributed by atoms with van der Waals surface area (Å²) in [6.45, 7) is 3.77. The molecule has 1 aromatic carbocycles. The number of aliphatic carboxylic acids is 1. The number of rotatable bonds is 7. The fourth-order valence-electron chi connectivity index (χ4n) is 1.61. The molecule has 5 heteroatoms. The van der Waals surface area contributed by atoms with E-state index in [2.05, 4.69) is 0 Å². The van der Waals surface area contributed by atoms with Crippen LogP contribution in [0.4, 0.5) is 0 Å². The van der Waals surface area contributed by atoms with Crippen molar-refractivity contribution in [1.29, 1.82) is 0 Å². The topological polar surface area (TPSA) is 72.8 Å². The largest absolute Gasteiger partial charge is 0.496 e. The minimum atomic E-state index is -0.998. The molecule has 1 aromatic rings. The van der Waals surface area contributed by atoms with Crippen LogP contribution in [0.25, 0.3) is 0 Å². The van der Waals surface area contributed by atoms with Crippen LogP contribution in [0.3, 0.4) is 0 Å². The van der Waals surface area contributed by atoms with Crippen LogP contribution in [0.5, 0.6) is 11.5 Å². The molecule has 0 aliphatic rings. The molecular weight excluding hydrogens is 248 g/mol. The predicted molar refractivity (Wildman–Crippen MR) is 70.0 cm³/mol.